The second-order valence-corrected chi connectivity index (χ2v) is 14.8. The van der Waals surface area contributed by atoms with Crippen LogP contribution in [0.5, 0.6) is 0 Å². The predicted octanol–water partition coefficient (Wildman–Crippen LogP) is 7.00. The van der Waals surface area contributed by atoms with Gasteiger partial charge in [-0.05, 0) is 58.8 Å². The zero-order valence-electron chi connectivity index (χ0n) is 18.3. The Morgan fingerprint density at radius 3 is 2.28 bits per heavy atom. The number of rotatable bonds is 5. The van der Waals surface area contributed by atoms with Crippen LogP contribution in [0.1, 0.15) is 36.8 Å². The molecule has 0 radical (unpaired) electrons. The molecular formula is C27H33NSi. The standard InChI is InChI=1S/C27H33NSi/c1-20-16-23(14-15-25(20)22-12-6-5-7-13-22)26-18-24(17-21-10-8-9-11-21)27(19-28-26)29(2,3)4/h5-7,12-16,18-19,21H,8-11,17H2,1-4H3. The maximum Gasteiger partial charge on any atom is 0.0799 e. The summed E-state index contributed by atoms with van der Waals surface area (Å²) in [5, 5.41) is 1.55. The molecular weight excluding hydrogens is 366 g/mol. The Kier molecular flexibility index (Phi) is 5.73. The van der Waals surface area contributed by atoms with Crippen molar-refractivity contribution in [1.82, 2.24) is 4.98 Å². The summed E-state index contributed by atoms with van der Waals surface area (Å²) in [6, 6.07) is 19.9. The van der Waals surface area contributed by atoms with E-state index in [-0.39, 0.29) is 0 Å². The van der Waals surface area contributed by atoms with E-state index in [0.29, 0.717) is 0 Å². The van der Waals surface area contributed by atoms with Crippen molar-refractivity contribution < 1.29 is 0 Å². The van der Waals surface area contributed by atoms with Crippen molar-refractivity contribution in [3.8, 4) is 22.4 Å². The van der Waals surface area contributed by atoms with Gasteiger partial charge in [-0.1, -0.05) is 87.8 Å². The van der Waals surface area contributed by atoms with Crippen LogP contribution in [0.4, 0.5) is 0 Å². The molecule has 0 N–H and O–H groups in total. The summed E-state index contributed by atoms with van der Waals surface area (Å²) >= 11 is 0. The smallest absolute Gasteiger partial charge is 0.0799 e. The molecule has 1 nitrogen and oxygen atoms in total. The van der Waals surface area contributed by atoms with Crippen molar-refractivity contribution in [2.45, 2.75) is 58.7 Å². The fourth-order valence-corrected chi connectivity index (χ4v) is 6.38. The van der Waals surface area contributed by atoms with Crippen molar-refractivity contribution >= 4 is 13.3 Å². The first-order valence-corrected chi connectivity index (χ1v) is 14.6. The Morgan fingerprint density at radius 1 is 0.897 bits per heavy atom. The fourth-order valence-electron chi connectivity index (χ4n) is 4.79. The summed E-state index contributed by atoms with van der Waals surface area (Å²) < 4.78 is 0. The topological polar surface area (TPSA) is 12.9 Å². The normalized spacial score (nSPS) is 15.0. The molecule has 1 fully saturated rings. The minimum absolute atomic E-state index is 0.863. The third kappa shape index (κ3) is 4.53. The summed E-state index contributed by atoms with van der Waals surface area (Å²) in [6.45, 7) is 9.55. The van der Waals surface area contributed by atoms with Crippen LogP contribution in [-0.4, -0.2) is 13.1 Å². The second-order valence-electron chi connectivity index (χ2n) is 9.73. The second kappa shape index (κ2) is 8.28. The van der Waals surface area contributed by atoms with Crippen LogP contribution in [0.2, 0.25) is 19.6 Å². The van der Waals surface area contributed by atoms with Crippen molar-refractivity contribution in [1.29, 1.82) is 0 Å². The van der Waals surface area contributed by atoms with Crippen LogP contribution < -0.4 is 5.19 Å². The summed E-state index contributed by atoms with van der Waals surface area (Å²) in [5.74, 6) is 0.863. The van der Waals surface area contributed by atoms with E-state index >= 15 is 0 Å². The van der Waals surface area contributed by atoms with E-state index in [9.17, 15) is 0 Å². The lowest BCUT2D eigenvalue weighted by molar-refractivity contribution is 0.547. The maximum absolute atomic E-state index is 4.93. The molecule has 0 unspecified atom stereocenters. The average Bonchev–Trinajstić information content (AvgIpc) is 3.21. The molecule has 1 aliphatic carbocycles. The Hall–Kier alpha value is -2.19. The van der Waals surface area contributed by atoms with Crippen molar-refractivity contribution in [3.63, 3.8) is 0 Å². The third-order valence-electron chi connectivity index (χ3n) is 6.39. The van der Waals surface area contributed by atoms with Crippen LogP contribution >= 0.6 is 0 Å². The largest absolute Gasteiger partial charge is 0.256 e. The highest BCUT2D eigenvalue weighted by atomic mass is 28.3. The Bertz CT molecular complexity index is 979. The van der Waals surface area contributed by atoms with Gasteiger partial charge in [-0.25, -0.2) is 0 Å². The molecule has 1 aliphatic rings. The molecule has 0 aliphatic heterocycles. The zero-order chi connectivity index (χ0) is 20.4. The number of benzene rings is 2. The summed E-state index contributed by atoms with van der Waals surface area (Å²) in [4.78, 5) is 4.93. The Labute approximate surface area is 177 Å². The minimum atomic E-state index is -1.40. The molecule has 0 saturated heterocycles. The highest BCUT2D eigenvalue weighted by Crippen LogP contribution is 2.31. The van der Waals surface area contributed by atoms with E-state index in [1.54, 1.807) is 10.8 Å². The van der Waals surface area contributed by atoms with E-state index < -0.39 is 8.07 Å². The first-order valence-electron chi connectivity index (χ1n) is 11.1. The van der Waals surface area contributed by atoms with Crippen LogP contribution in [-0.2, 0) is 6.42 Å². The Balaban J connectivity index is 1.70. The van der Waals surface area contributed by atoms with Gasteiger partial charge in [0.2, 0.25) is 0 Å². The number of aromatic nitrogens is 1. The van der Waals surface area contributed by atoms with Crippen LogP contribution in [0.25, 0.3) is 22.4 Å². The highest BCUT2D eigenvalue weighted by molar-refractivity contribution is 6.89. The molecule has 0 spiro atoms. The number of nitrogens with zero attached hydrogens (tertiary/aromatic N) is 1. The average molecular weight is 400 g/mol. The van der Waals surface area contributed by atoms with Crippen LogP contribution in [0.15, 0.2) is 60.8 Å². The molecule has 1 aromatic heterocycles. The molecule has 4 rings (SSSR count). The van der Waals surface area contributed by atoms with Crippen LogP contribution in [0.3, 0.4) is 0 Å². The van der Waals surface area contributed by atoms with Gasteiger partial charge in [0.15, 0.2) is 0 Å². The molecule has 3 aromatic rings. The van der Waals surface area contributed by atoms with E-state index in [0.717, 1.165) is 11.6 Å². The molecule has 29 heavy (non-hydrogen) atoms. The van der Waals surface area contributed by atoms with E-state index in [4.69, 9.17) is 4.98 Å². The lowest BCUT2D eigenvalue weighted by Crippen LogP contribution is -2.41. The summed E-state index contributed by atoms with van der Waals surface area (Å²) in [5.41, 5.74) is 7.81. The fraction of sp³-hybridized carbons (Fsp3) is 0.370. The van der Waals surface area contributed by atoms with E-state index in [2.05, 4.69) is 87.4 Å². The number of pyridine rings is 1. The SMILES string of the molecule is Cc1cc(-c2cc(CC3CCCC3)c([Si](C)(C)C)cn2)ccc1-c1ccccc1. The number of aryl methyl sites for hydroxylation is 1. The number of hydrogen-bond acceptors (Lipinski definition) is 1. The first kappa shape index (κ1) is 20.1. The van der Waals surface area contributed by atoms with Gasteiger partial charge in [0.05, 0.1) is 13.8 Å². The van der Waals surface area contributed by atoms with Gasteiger partial charge in [0, 0.05) is 11.8 Å². The van der Waals surface area contributed by atoms with Crippen molar-refractivity contribution in [2.75, 3.05) is 0 Å². The summed E-state index contributed by atoms with van der Waals surface area (Å²) in [7, 11) is -1.40. The third-order valence-corrected chi connectivity index (χ3v) is 8.45. The van der Waals surface area contributed by atoms with Gasteiger partial charge in [0.25, 0.3) is 0 Å². The first-order chi connectivity index (χ1) is 13.9. The predicted molar refractivity (Wildman–Crippen MR) is 128 cm³/mol. The van der Waals surface area contributed by atoms with Crippen molar-refractivity contribution in [2.24, 2.45) is 5.92 Å². The zero-order valence-corrected chi connectivity index (χ0v) is 19.3. The van der Waals surface area contributed by atoms with E-state index in [1.165, 1.54) is 54.4 Å². The molecule has 0 bridgehead atoms. The van der Waals surface area contributed by atoms with E-state index in [1.807, 2.05) is 0 Å². The van der Waals surface area contributed by atoms with Crippen molar-refractivity contribution in [3.05, 3.63) is 71.9 Å². The maximum atomic E-state index is 4.93. The lowest BCUT2D eigenvalue weighted by Gasteiger charge is -2.23. The molecule has 0 amide bonds. The highest BCUT2D eigenvalue weighted by Gasteiger charge is 2.24. The van der Waals surface area contributed by atoms with Gasteiger partial charge in [-0.15, -0.1) is 0 Å². The summed E-state index contributed by atoms with van der Waals surface area (Å²) in [6.07, 6.45) is 9.04. The molecule has 1 heterocycles. The van der Waals surface area contributed by atoms with Gasteiger partial charge < -0.3 is 0 Å². The lowest BCUT2D eigenvalue weighted by atomic mass is 9.95. The van der Waals surface area contributed by atoms with Gasteiger partial charge in [-0.2, -0.15) is 0 Å². The molecule has 150 valence electrons. The number of hydrogen-bond donors (Lipinski definition) is 0. The van der Waals surface area contributed by atoms with Gasteiger partial charge in [-0.3, -0.25) is 4.98 Å². The molecule has 2 aromatic carbocycles. The quantitative estimate of drug-likeness (QED) is 0.421. The van der Waals surface area contributed by atoms with Crippen LogP contribution in [0, 0.1) is 12.8 Å². The Morgan fingerprint density at radius 2 is 1.62 bits per heavy atom. The monoisotopic (exact) mass is 399 g/mol. The van der Waals surface area contributed by atoms with Gasteiger partial charge >= 0.3 is 0 Å². The minimum Gasteiger partial charge on any atom is -0.256 e. The molecule has 2 heteroatoms. The van der Waals surface area contributed by atoms with Gasteiger partial charge in [0.1, 0.15) is 0 Å². The molecule has 1 saturated carbocycles. The molecule has 0 atom stereocenters.